The van der Waals surface area contributed by atoms with Crippen molar-refractivity contribution in [1.29, 1.82) is 0 Å². The molecule has 0 aliphatic carbocycles. The Bertz CT molecular complexity index is 453. The van der Waals surface area contributed by atoms with Crippen molar-refractivity contribution in [2.75, 3.05) is 0 Å². The molecular weight excluding hydrogens is 210 g/mol. The van der Waals surface area contributed by atoms with E-state index in [1.165, 1.54) is 13.0 Å². The van der Waals surface area contributed by atoms with Gasteiger partial charge in [-0.2, -0.15) is 0 Å². The van der Waals surface area contributed by atoms with Gasteiger partial charge in [0.05, 0.1) is 0 Å². The van der Waals surface area contributed by atoms with Gasteiger partial charge in [-0.05, 0) is 24.6 Å². The molecule has 1 rings (SSSR count). The Morgan fingerprint density at radius 1 is 1.12 bits per heavy atom. The van der Waals surface area contributed by atoms with Crippen molar-refractivity contribution < 1.29 is 4.79 Å². The van der Waals surface area contributed by atoms with Crippen molar-refractivity contribution in [1.82, 2.24) is 4.98 Å². The lowest BCUT2D eigenvalue weighted by atomic mass is 10.2. The number of rotatable bonds is 5. The summed E-state index contributed by atoms with van der Waals surface area (Å²) in [7, 11) is 0. The number of carbonyl (C=O) groups is 1. The summed E-state index contributed by atoms with van der Waals surface area (Å²) in [6.07, 6.45) is 18.2. The number of nitrogens with zero attached hydrogens (tertiary/aromatic N) is 1. The van der Waals surface area contributed by atoms with Gasteiger partial charge in [-0.3, -0.25) is 9.78 Å². The maximum Gasteiger partial charge on any atom is 0.152 e. The highest BCUT2D eigenvalue weighted by Crippen LogP contribution is 1.98. The molecule has 0 unspecified atom stereocenters. The van der Waals surface area contributed by atoms with Crippen molar-refractivity contribution in [3.05, 3.63) is 72.6 Å². The minimum absolute atomic E-state index is 0.0510. The Morgan fingerprint density at radius 3 is 2.47 bits per heavy atom. The highest BCUT2D eigenvalue weighted by molar-refractivity contribution is 5.87. The van der Waals surface area contributed by atoms with E-state index in [-0.39, 0.29) is 5.78 Å². The Kier molecular flexibility index (Phi) is 6.04. The third-order valence-electron chi connectivity index (χ3n) is 1.86. The number of hydrogen-bond donors (Lipinski definition) is 0. The van der Waals surface area contributed by atoms with E-state index in [1.807, 2.05) is 48.6 Å². The molecule has 0 amide bonds. The van der Waals surface area contributed by atoms with Gasteiger partial charge in [0, 0.05) is 12.4 Å². The van der Waals surface area contributed by atoms with Crippen molar-refractivity contribution in [2.45, 2.75) is 6.92 Å². The molecule has 1 aromatic rings. The van der Waals surface area contributed by atoms with Gasteiger partial charge in [-0.15, -0.1) is 0 Å². The number of allylic oxidation sites excluding steroid dienone is 7. The van der Waals surface area contributed by atoms with E-state index in [1.54, 1.807) is 18.5 Å². The summed E-state index contributed by atoms with van der Waals surface area (Å²) in [5.74, 6) is 0.0510. The van der Waals surface area contributed by atoms with Crippen molar-refractivity contribution >= 4 is 11.9 Å². The van der Waals surface area contributed by atoms with Gasteiger partial charge in [-0.1, -0.05) is 48.6 Å². The van der Waals surface area contributed by atoms with Crippen molar-refractivity contribution in [2.24, 2.45) is 0 Å². The average molecular weight is 225 g/mol. The minimum atomic E-state index is 0.0510. The predicted octanol–water partition coefficient (Wildman–Crippen LogP) is 3.35. The van der Waals surface area contributed by atoms with E-state index in [0.717, 1.165) is 5.56 Å². The van der Waals surface area contributed by atoms with Gasteiger partial charge < -0.3 is 0 Å². The standard InChI is InChI=1S/C15H15NO/c1-14(17)9-6-4-2-3-5-7-10-15-11-8-12-16-13-15/h2-13H,1H3/b4-2-,5-3+,9-6-,10-7+. The summed E-state index contributed by atoms with van der Waals surface area (Å²) in [5, 5.41) is 0. The van der Waals surface area contributed by atoms with Crippen LogP contribution in [0.3, 0.4) is 0 Å². The van der Waals surface area contributed by atoms with Crippen LogP contribution < -0.4 is 0 Å². The molecule has 0 aliphatic heterocycles. The zero-order valence-corrected chi connectivity index (χ0v) is 9.78. The van der Waals surface area contributed by atoms with E-state index in [0.29, 0.717) is 0 Å². The molecule has 0 aliphatic rings. The molecule has 17 heavy (non-hydrogen) atoms. The molecule has 2 nitrogen and oxygen atoms in total. The third-order valence-corrected chi connectivity index (χ3v) is 1.86. The number of ketones is 1. The molecule has 0 bridgehead atoms. The summed E-state index contributed by atoms with van der Waals surface area (Å²) in [6.45, 7) is 1.52. The SMILES string of the molecule is CC(=O)\C=C/C=C\C=C\C=C\c1cccnc1. The third kappa shape index (κ3) is 6.79. The fourth-order valence-electron chi connectivity index (χ4n) is 1.09. The van der Waals surface area contributed by atoms with Crippen LogP contribution in [0.1, 0.15) is 12.5 Å². The van der Waals surface area contributed by atoms with E-state index in [4.69, 9.17) is 0 Å². The van der Waals surface area contributed by atoms with Gasteiger partial charge in [0.1, 0.15) is 0 Å². The molecule has 1 aromatic heterocycles. The number of carbonyl (C=O) groups excluding carboxylic acids is 1. The molecule has 0 aromatic carbocycles. The molecule has 0 N–H and O–H groups in total. The van der Waals surface area contributed by atoms with E-state index in [2.05, 4.69) is 4.98 Å². The van der Waals surface area contributed by atoms with E-state index < -0.39 is 0 Å². The van der Waals surface area contributed by atoms with Crippen LogP contribution in [-0.2, 0) is 4.79 Å². The van der Waals surface area contributed by atoms with E-state index >= 15 is 0 Å². The Morgan fingerprint density at radius 2 is 1.82 bits per heavy atom. The lowest BCUT2D eigenvalue weighted by Crippen LogP contribution is -1.77. The maximum absolute atomic E-state index is 10.6. The van der Waals surface area contributed by atoms with Crippen LogP contribution in [0, 0.1) is 0 Å². The van der Waals surface area contributed by atoms with Crippen LogP contribution in [0.25, 0.3) is 6.08 Å². The topological polar surface area (TPSA) is 30.0 Å². The van der Waals surface area contributed by atoms with Crippen LogP contribution in [-0.4, -0.2) is 10.8 Å². The summed E-state index contributed by atoms with van der Waals surface area (Å²) in [5.41, 5.74) is 1.07. The summed E-state index contributed by atoms with van der Waals surface area (Å²) >= 11 is 0. The summed E-state index contributed by atoms with van der Waals surface area (Å²) < 4.78 is 0. The van der Waals surface area contributed by atoms with Crippen LogP contribution in [0.2, 0.25) is 0 Å². The second-order valence-corrected chi connectivity index (χ2v) is 3.39. The molecule has 0 spiro atoms. The normalized spacial score (nSPS) is 12.3. The Labute approximate surface area is 102 Å². The van der Waals surface area contributed by atoms with Crippen molar-refractivity contribution in [3.63, 3.8) is 0 Å². The fourth-order valence-corrected chi connectivity index (χ4v) is 1.09. The second-order valence-electron chi connectivity index (χ2n) is 3.39. The van der Waals surface area contributed by atoms with Gasteiger partial charge in [0.2, 0.25) is 0 Å². The second kappa shape index (κ2) is 7.99. The van der Waals surface area contributed by atoms with Crippen molar-refractivity contribution in [3.8, 4) is 0 Å². The van der Waals surface area contributed by atoms with Gasteiger partial charge in [0.25, 0.3) is 0 Å². The first kappa shape index (κ1) is 12.8. The number of hydrogen-bond acceptors (Lipinski definition) is 2. The largest absolute Gasteiger partial charge is 0.295 e. The monoisotopic (exact) mass is 225 g/mol. The zero-order chi connectivity index (χ0) is 12.3. The molecule has 0 radical (unpaired) electrons. The lowest BCUT2D eigenvalue weighted by molar-refractivity contribution is -0.112. The summed E-state index contributed by atoms with van der Waals surface area (Å²) in [6, 6.07) is 3.89. The Balaban J connectivity index is 2.36. The summed E-state index contributed by atoms with van der Waals surface area (Å²) in [4.78, 5) is 14.6. The molecule has 1 heterocycles. The molecule has 2 heteroatoms. The zero-order valence-electron chi connectivity index (χ0n) is 9.78. The first-order chi connectivity index (χ1) is 8.29. The van der Waals surface area contributed by atoms with Crippen LogP contribution >= 0.6 is 0 Å². The maximum atomic E-state index is 10.6. The molecular formula is C15H15NO. The first-order valence-electron chi connectivity index (χ1n) is 5.38. The number of pyridine rings is 1. The van der Waals surface area contributed by atoms with Crippen LogP contribution in [0.15, 0.2) is 67.1 Å². The molecule has 0 saturated carbocycles. The first-order valence-corrected chi connectivity index (χ1v) is 5.38. The van der Waals surface area contributed by atoms with Crippen LogP contribution in [0.5, 0.6) is 0 Å². The Hall–Kier alpha value is -2.22. The molecule has 86 valence electrons. The lowest BCUT2D eigenvalue weighted by Gasteiger charge is -1.87. The van der Waals surface area contributed by atoms with Gasteiger partial charge in [-0.25, -0.2) is 0 Å². The molecule has 0 saturated heterocycles. The fraction of sp³-hybridized carbons (Fsp3) is 0.0667. The van der Waals surface area contributed by atoms with E-state index in [9.17, 15) is 4.79 Å². The van der Waals surface area contributed by atoms with Gasteiger partial charge >= 0.3 is 0 Å². The van der Waals surface area contributed by atoms with Gasteiger partial charge in [0.15, 0.2) is 5.78 Å². The minimum Gasteiger partial charge on any atom is -0.295 e. The predicted molar refractivity (Wildman–Crippen MR) is 71.4 cm³/mol. The average Bonchev–Trinajstić information content (AvgIpc) is 2.33. The van der Waals surface area contributed by atoms with Crippen LogP contribution in [0.4, 0.5) is 0 Å². The molecule has 0 atom stereocenters. The quantitative estimate of drug-likeness (QED) is 0.568. The smallest absolute Gasteiger partial charge is 0.152 e. The highest BCUT2D eigenvalue weighted by atomic mass is 16.1. The highest BCUT2D eigenvalue weighted by Gasteiger charge is 1.80. The number of aromatic nitrogens is 1. The molecule has 0 fully saturated rings.